The lowest BCUT2D eigenvalue weighted by Crippen LogP contribution is -2.48. The number of aromatic nitrogens is 2. The Hall–Kier alpha value is -2.51. The van der Waals surface area contributed by atoms with E-state index in [9.17, 15) is 16.8 Å². The molecular formula is C40H36BrCl5N6O4S4. The number of halogens is 6. The maximum atomic E-state index is 13.0. The summed E-state index contributed by atoms with van der Waals surface area (Å²) in [7, 11) is -7.33. The molecule has 4 aromatic carbocycles. The monoisotopic (exact) mass is 1050 g/mol. The minimum Gasteiger partial charge on any atom is -0.345 e. The number of anilines is 2. The molecule has 0 N–H and O–H groups in total. The Morgan fingerprint density at radius 3 is 1.40 bits per heavy atom. The average molecular weight is 1050 g/mol. The second-order valence-corrected chi connectivity index (χ2v) is 22.3. The van der Waals surface area contributed by atoms with Gasteiger partial charge in [0.05, 0.1) is 21.4 Å². The van der Waals surface area contributed by atoms with Crippen molar-refractivity contribution in [2.75, 3.05) is 62.2 Å². The molecule has 4 heterocycles. The summed E-state index contributed by atoms with van der Waals surface area (Å²) in [6.07, 6.45) is 1.50. The standard InChI is InChI=1S/C20H18BrCl2N3O2S2.C20H18Cl3N3O2S2/c21-15-3-1-2-14(10-15)11-17-13-29-20(24-17)25-6-8-26(9-7-25)30(27,28)19-5-4-16(22)12-18(19)23;21-15-3-1-14(2-4-15)11-17-13-29-20(24-17)25-7-9-26(10-8-25)30(27,28)19-6-5-16(22)12-18(19)23/h1-5,10,12-13H,6-9,11H2;1-6,12-13H,7-11H2. The number of hydrogen-bond donors (Lipinski definition) is 0. The molecule has 0 spiro atoms. The fraction of sp³-hybridized carbons (Fsp3) is 0.250. The average Bonchev–Trinajstić information content (AvgIpc) is 3.89. The van der Waals surface area contributed by atoms with E-state index in [0.29, 0.717) is 67.4 Å². The maximum absolute atomic E-state index is 13.0. The summed E-state index contributed by atoms with van der Waals surface area (Å²) in [5.74, 6) is 0. The van der Waals surface area contributed by atoms with Crippen LogP contribution >= 0.6 is 96.6 Å². The van der Waals surface area contributed by atoms with Crippen molar-refractivity contribution >= 4 is 127 Å². The van der Waals surface area contributed by atoms with E-state index < -0.39 is 20.0 Å². The molecule has 0 unspecified atom stereocenters. The van der Waals surface area contributed by atoms with Crippen LogP contribution in [-0.4, -0.2) is 87.8 Å². The topological polar surface area (TPSA) is 107 Å². The van der Waals surface area contributed by atoms with E-state index >= 15 is 0 Å². The van der Waals surface area contributed by atoms with Crippen LogP contribution in [0.4, 0.5) is 10.3 Å². The normalized spacial score (nSPS) is 15.5. The number of hydrogen-bond acceptors (Lipinski definition) is 10. The molecule has 0 bridgehead atoms. The molecule has 2 aliphatic rings. The van der Waals surface area contributed by atoms with Gasteiger partial charge in [-0.3, -0.25) is 0 Å². The van der Waals surface area contributed by atoms with Crippen LogP contribution in [0.25, 0.3) is 0 Å². The van der Waals surface area contributed by atoms with Crippen molar-refractivity contribution in [1.82, 2.24) is 18.6 Å². The van der Waals surface area contributed by atoms with Crippen molar-refractivity contribution in [1.29, 1.82) is 0 Å². The summed E-state index contributed by atoms with van der Waals surface area (Å²) in [4.78, 5) is 13.9. The Bertz CT molecular complexity index is 2670. The first kappa shape index (κ1) is 45.5. The van der Waals surface area contributed by atoms with E-state index in [4.69, 9.17) is 68.0 Å². The third-order valence-electron chi connectivity index (χ3n) is 9.69. The summed E-state index contributed by atoms with van der Waals surface area (Å²) in [5, 5.41) is 7.73. The summed E-state index contributed by atoms with van der Waals surface area (Å²) in [6, 6.07) is 24.8. The van der Waals surface area contributed by atoms with Gasteiger partial charge in [0.2, 0.25) is 20.0 Å². The molecule has 0 saturated carbocycles. The van der Waals surface area contributed by atoms with Gasteiger partial charge in [-0.15, -0.1) is 22.7 Å². The van der Waals surface area contributed by atoms with E-state index in [2.05, 4.69) is 43.2 Å². The van der Waals surface area contributed by atoms with Gasteiger partial charge in [-0.1, -0.05) is 98.2 Å². The second-order valence-electron chi connectivity index (χ2n) is 13.8. The molecule has 2 aliphatic heterocycles. The molecule has 316 valence electrons. The predicted octanol–water partition coefficient (Wildman–Crippen LogP) is 10.5. The van der Waals surface area contributed by atoms with Crippen LogP contribution in [0.3, 0.4) is 0 Å². The highest BCUT2D eigenvalue weighted by molar-refractivity contribution is 9.10. The third kappa shape index (κ3) is 11.2. The fourth-order valence-electron chi connectivity index (χ4n) is 6.60. The zero-order chi connectivity index (χ0) is 42.6. The fourth-order valence-corrected chi connectivity index (χ4v) is 13.3. The van der Waals surface area contributed by atoms with Crippen LogP contribution < -0.4 is 9.80 Å². The van der Waals surface area contributed by atoms with Crippen molar-refractivity contribution in [2.24, 2.45) is 0 Å². The molecule has 2 saturated heterocycles. The maximum Gasteiger partial charge on any atom is 0.244 e. The first-order chi connectivity index (χ1) is 28.6. The van der Waals surface area contributed by atoms with Gasteiger partial charge in [-0.2, -0.15) is 8.61 Å². The Morgan fingerprint density at radius 1 is 0.533 bits per heavy atom. The van der Waals surface area contributed by atoms with Crippen LogP contribution in [0.1, 0.15) is 22.5 Å². The third-order valence-corrected chi connectivity index (χ3v) is 17.6. The molecule has 60 heavy (non-hydrogen) atoms. The van der Waals surface area contributed by atoms with Gasteiger partial charge in [-0.05, 0) is 71.8 Å². The lowest BCUT2D eigenvalue weighted by molar-refractivity contribution is 0.384. The molecule has 8 rings (SSSR count). The van der Waals surface area contributed by atoms with Gasteiger partial charge in [-0.25, -0.2) is 26.8 Å². The number of nitrogens with zero attached hydrogens (tertiary/aromatic N) is 6. The summed E-state index contributed by atoms with van der Waals surface area (Å²) in [5.41, 5.74) is 4.33. The molecule has 0 amide bonds. The predicted molar refractivity (Wildman–Crippen MR) is 250 cm³/mol. The van der Waals surface area contributed by atoms with Crippen LogP contribution in [0, 0.1) is 0 Å². The van der Waals surface area contributed by atoms with Crippen LogP contribution in [0.5, 0.6) is 0 Å². The number of rotatable bonds is 10. The first-order valence-electron chi connectivity index (χ1n) is 18.4. The van der Waals surface area contributed by atoms with Crippen LogP contribution in [-0.2, 0) is 32.9 Å². The quantitative estimate of drug-likeness (QED) is 0.134. The van der Waals surface area contributed by atoms with E-state index in [1.807, 2.05) is 41.8 Å². The highest BCUT2D eigenvalue weighted by Crippen LogP contribution is 2.32. The molecule has 2 aromatic heterocycles. The van der Waals surface area contributed by atoms with Crippen LogP contribution in [0.2, 0.25) is 25.1 Å². The molecule has 20 heteroatoms. The largest absolute Gasteiger partial charge is 0.345 e. The molecular weight excluding hydrogens is 1010 g/mol. The minimum absolute atomic E-state index is 0.0847. The lowest BCUT2D eigenvalue weighted by Gasteiger charge is -2.33. The second kappa shape index (κ2) is 19.9. The van der Waals surface area contributed by atoms with Gasteiger partial charge in [0.25, 0.3) is 0 Å². The van der Waals surface area contributed by atoms with Crippen molar-refractivity contribution in [3.8, 4) is 0 Å². The summed E-state index contributed by atoms with van der Waals surface area (Å²) in [6.45, 7) is 3.78. The Labute approximate surface area is 391 Å². The van der Waals surface area contributed by atoms with Gasteiger partial charge in [0, 0.05) is 95.5 Å². The SMILES string of the molecule is O=S(=O)(c1ccc(Cl)cc1Cl)N1CCN(c2nc(Cc3ccc(Cl)cc3)cs2)CC1.O=S(=O)(c1ccc(Cl)cc1Cl)N1CCN(c2nc(Cc3cccc(Br)c3)cs2)CC1. The number of thiazole rings is 2. The van der Waals surface area contributed by atoms with E-state index in [1.54, 1.807) is 28.7 Å². The van der Waals surface area contributed by atoms with E-state index in [1.165, 1.54) is 44.5 Å². The van der Waals surface area contributed by atoms with Gasteiger partial charge < -0.3 is 9.80 Å². The zero-order valence-corrected chi connectivity index (χ0v) is 40.2. The molecule has 2 fully saturated rings. The molecule has 0 radical (unpaired) electrons. The highest BCUT2D eigenvalue weighted by atomic mass is 79.9. The lowest BCUT2D eigenvalue weighted by atomic mass is 10.1. The minimum atomic E-state index is -3.67. The Kier molecular flexibility index (Phi) is 15.1. The number of benzene rings is 4. The van der Waals surface area contributed by atoms with E-state index in [0.717, 1.165) is 44.5 Å². The summed E-state index contributed by atoms with van der Waals surface area (Å²) >= 11 is 36.6. The van der Waals surface area contributed by atoms with Gasteiger partial charge in [0.1, 0.15) is 9.79 Å². The first-order valence-corrected chi connectivity index (χ1v) is 25.8. The van der Waals surface area contributed by atoms with Crippen molar-refractivity contribution < 1.29 is 16.8 Å². The smallest absolute Gasteiger partial charge is 0.244 e. The number of sulfonamides is 2. The highest BCUT2D eigenvalue weighted by Gasteiger charge is 2.32. The molecule has 10 nitrogen and oxygen atoms in total. The van der Waals surface area contributed by atoms with E-state index in [-0.39, 0.29) is 19.8 Å². The summed E-state index contributed by atoms with van der Waals surface area (Å²) < 4.78 is 55.8. The molecule has 0 atom stereocenters. The zero-order valence-electron chi connectivity index (χ0n) is 31.5. The Morgan fingerprint density at radius 2 is 0.967 bits per heavy atom. The Balaban J connectivity index is 0.000000181. The number of piperazine rings is 2. The van der Waals surface area contributed by atoms with Crippen molar-refractivity contribution in [2.45, 2.75) is 22.6 Å². The van der Waals surface area contributed by atoms with Crippen LogP contribution in [0.15, 0.2) is 110 Å². The van der Waals surface area contributed by atoms with Gasteiger partial charge in [0.15, 0.2) is 10.3 Å². The van der Waals surface area contributed by atoms with Gasteiger partial charge >= 0.3 is 0 Å². The molecule has 6 aromatic rings. The van der Waals surface area contributed by atoms with Crippen molar-refractivity contribution in [3.05, 3.63) is 148 Å². The van der Waals surface area contributed by atoms with Crippen molar-refractivity contribution in [3.63, 3.8) is 0 Å². The molecule has 0 aliphatic carbocycles.